The minimum Gasteiger partial charge on any atom is -0.388 e. The zero-order chi connectivity index (χ0) is 29.3. The molecule has 2 aromatic heterocycles. The fourth-order valence-electron chi connectivity index (χ4n) is 6.48. The number of halogens is 4. The molecule has 2 aliphatic carbocycles. The van der Waals surface area contributed by atoms with Crippen molar-refractivity contribution in [3.05, 3.63) is 39.9 Å². The molecule has 4 aliphatic rings. The Hall–Kier alpha value is -2.61. The fraction of sp³-hybridized carbons (Fsp3) is 0.679. The van der Waals surface area contributed by atoms with Crippen LogP contribution in [0.4, 0.5) is 24.5 Å². The van der Waals surface area contributed by atoms with E-state index in [1.165, 1.54) is 23.4 Å². The lowest BCUT2D eigenvalue weighted by Gasteiger charge is -2.40. The first kappa shape index (κ1) is 29.5. The van der Waals surface area contributed by atoms with Gasteiger partial charge in [-0.05, 0) is 50.0 Å². The van der Waals surface area contributed by atoms with Crippen molar-refractivity contribution >= 4 is 23.0 Å². The van der Waals surface area contributed by atoms with Crippen molar-refractivity contribution in [2.24, 2.45) is 17.8 Å². The Labute approximate surface area is 246 Å². The molecule has 4 heterocycles. The predicted molar refractivity (Wildman–Crippen MR) is 148 cm³/mol. The number of nitrogens with one attached hydrogen (secondary N) is 1. The van der Waals surface area contributed by atoms with E-state index in [0.717, 1.165) is 26.1 Å². The third-order valence-corrected chi connectivity index (χ3v) is 9.12. The van der Waals surface area contributed by atoms with E-state index in [-0.39, 0.29) is 28.8 Å². The molecular formula is C28H35ClF3N5O5. The first-order chi connectivity index (χ1) is 20.2. The lowest BCUT2D eigenvalue weighted by molar-refractivity contribution is -0.276. The third-order valence-electron chi connectivity index (χ3n) is 8.76. The standard InChI is InChI=1S/C28H35ClF3N5O5/c29-26-24(33-10-18-15-40-14-17-9-23(17)18)12-35-37(27(26)38)20-3-1-19(2-4-20)36(13-22-16-39-7-8-41-22)21-5-6-25(34-11-21)42-28(30,31)32/h5-6,11-12,17-20,22-23,33H,1-4,7-10,13-16H2/t17-,18+,19-,20-,22-,23-/m0/s1. The third kappa shape index (κ3) is 6.95. The van der Waals surface area contributed by atoms with E-state index < -0.39 is 12.2 Å². The molecule has 1 N–H and O–H groups in total. The number of aromatic nitrogens is 3. The molecule has 0 spiro atoms. The number of rotatable bonds is 9. The second-order valence-corrected chi connectivity index (χ2v) is 11.9. The van der Waals surface area contributed by atoms with Gasteiger partial charge in [0, 0.05) is 37.7 Å². The SMILES string of the molecule is O=c1c(Cl)c(NC[C@@H]2COC[C@@H]3C[C@H]23)cnn1[C@H]1CC[C@H](N(C[C@H]2COCCO2)c2ccc(OC(F)(F)F)nc2)CC1. The van der Waals surface area contributed by atoms with Crippen LogP contribution in [-0.2, 0) is 14.2 Å². The summed E-state index contributed by atoms with van der Waals surface area (Å²) in [6.45, 7) is 4.20. The summed E-state index contributed by atoms with van der Waals surface area (Å²) < 4.78 is 60.4. The second-order valence-electron chi connectivity index (χ2n) is 11.5. The van der Waals surface area contributed by atoms with Crippen molar-refractivity contribution in [1.29, 1.82) is 0 Å². The van der Waals surface area contributed by atoms with Crippen molar-refractivity contribution in [3.8, 4) is 5.88 Å². The Morgan fingerprint density at radius 2 is 1.93 bits per heavy atom. The number of ether oxygens (including phenoxy) is 4. The van der Waals surface area contributed by atoms with Gasteiger partial charge >= 0.3 is 6.36 Å². The van der Waals surface area contributed by atoms with Crippen LogP contribution < -0.4 is 20.5 Å². The van der Waals surface area contributed by atoms with Crippen molar-refractivity contribution in [2.45, 2.75) is 56.7 Å². The second kappa shape index (κ2) is 12.6. The zero-order valence-corrected chi connectivity index (χ0v) is 23.9. The number of fused-ring (bicyclic) bond motifs is 1. The molecule has 0 unspecified atom stereocenters. The van der Waals surface area contributed by atoms with Crippen molar-refractivity contribution in [3.63, 3.8) is 0 Å². The molecule has 4 fully saturated rings. The van der Waals surface area contributed by atoms with Crippen LogP contribution in [0.1, 0.15) is 38.1 Å². The van der Waals surface area contributed by atoms with Gasteiger partial charge in [-0.25, -0.2) is 9.67 Å². The van der Waals surface area contributed by atoms with Crippen molar-refractivity contribution < 1.29 is 32.1 Å². The number of pyridine rings is 1. The number of hydrogen-bond donors (Lipinski definition) is 1. The molecule has 2 saturated heterocycles. The molecule has 230 valence electrons. The summed E-state index contributed by atoms with van der Waals surface area (Å²) in [4.78, 5) is 19.2. The Bertz CT molecular complexity index is 1270. The summed E-state index contributed by atoms with van der Waals surface area (Å²) in [5, 5.41) is 7.93. The van der Waals surface area contributed by atoms with Gasteiger partial charge in [-0.15, -0.1) is 13.2 Å². The average molecular weight is 614 g/mol. The summed E-state index contributed by atoms with van der Waals surface area (Å²) in [6.07, 6.45) is 2.06. The molecule has 2 aromatic rings. The van der Waals surface area contributed by atoms with Crippen LogP contribution >= 0.6 is 11.6 Å². The maximum Gasteiger partial charge on any atom is 0.574 e. The Morgan fingerprint density at radius 3 is 2.64 bits per heavy atom. The van der Waals surface area contributed by atoms with E-state index in [1.54, 1.807) is 12.3 Å². The molecule has 14 heteroatoms. The maximum absolute atomic E-state index is 13.2. The largest absolute Gasteiger partial charge is 0.574 e. The molecule has 0 radical (unpaired) electrons. The zero-order valence-electron chi connectivity index (χ0n) is 23.1. The van der Waals surface area contributed by atoms with E-state index in [0.29, 0.717) is 74.9 Å². The first-order valence-corrected chi connectivity index (χ1v) is 14.9. The van der Waals surface area contributed by atoms with Crippen LogP contribution in [0, 0.1) is 17.8 Å². The summed E-state index contributed by atoms with van der Waals surface area (Å²) in [5.74, 6) is 1.25. The maximum atomic E-state index is 13.2. The lowest BCUT2D eigenvalue weighted by Crippen LogP contribution is -2.46. The Kier molecular flexibility index (Phi) is 8.80. The molecule has 0 bridgehead atoms. The quantitative estimate of drug-likeness (QED) is 0.444. The van der Waals surface area contributed by atoms with E-state index in [9.17, 15) is 18.0 Å². The van der Waals surface area contributed by atoms with Gasteiger partial charge in [0.2, 0.25) is 5.88 Å². The average Bonchev–Trinajstić information content (AvgIpc) is 3.78. The number of nitrogens with zero attached hydrogens (tertiary/aromatic N) is 4. The first-order valence-electron chi connectivity index (χ1n) is 14.5. The number of alkyl halides is 3. The van der Waals surface area contributed by atoms with Crippen LogP contribution in [0.25, 0.3) is 0 Å². The van der Waals surface area contributed by atoms with Crippen LogP contribution in [-0.4, -0.2) is 79.4 Å². The lowest BCUT2D eigenvalue weighted by atomic mass is 9.89. The molecular weight excluding hydrogens is 579 g/mol. The topological polar surface area (TPSA) is 100.0 Å². The van der Waals surface area contributed by atoms with E-state index in [2.05, 4.69) is 25.0 Å². The molecule has 0 aromatic carbocycles. The summed E-state index contributed by atoms with van der Waals surface area (Å²) in [5.41, 5.74) is 0.890. The van der Waals surface area contributed by atoms with Crippen LogP contribution in [0.5, 0.6) is 5.88 Å². The molecule has 2 saturated carbocycles. The summed E-state index contributed by atoms with van der Waals surface area (Å²) in [7, 11) is 0. The van der Waals surface area contributed by atoms with Gasteiger partial charge in [-0.1, -0.05) is 11.6 Å². The van der Waals surface area contributed by atoms with Crippen molar-refractivity contribution in [1.82, 2.24) is 14.8 Å². The van der Waals surface area contributed by atoms with Crippen molar-refractivity contribution in [2.75, 3.05) is 56.3 Å². The van der Waals surface area contributed by atoms with Gasteiger partial charge in [0.15, 0.2) is 0 Å². The van der Waals surface area contributed by atoms with Crippen LogP contribution in [0.3, 0.4) is 0 Å². The molecule has 0 amide bonds. The highest BCUT2D eigenvalue weighted by Gasteiger charge is 2.45. The highest BCUT2D eigenvalue weighted by Crippen LogP contribution is 2.47. The Balaban J connectivity index is 1.10. The minimum absolute atomic E-state index is 0.0547. The van der Waals surface area contributed by atoms with E-state index in [4.69, 9.17) is 25.8 Å². The van der Waals surface area contributed by atoms with Crippen LogP contribution in [0.2, 0.25) is 5.02 Å². The smallest absolute Gasteiger partial charge is 0.388 e. The molecule has 2 aliphatic heterocycles. The summed E-state index contributed by atoms with van der Waals surface area (Å²) in [6, 6.07) is 2.73. The molecule has 42 heavy (non-hydrogen) atoms. The normalized spacial score (nSPS) is 29.4. The van der Waals surface area contributed by atoms with Gasteiger partial charge in [0.1, 0.15) is 5.02 Å². The monoisotopic (exact) mass is 613 g/mol. The minimum atomic E-state index is -4.81. The van der Waals surface area contributed by atoms with Gasteiger partial charge in [0.05, 0.1) is 62.3 Å². The van der Waals surface area contributed by atoms with E-state index in [1.807, 2.05) is 0 Å². The Morgan fingerprint density at radius 1 is 1.10 bits per heavy atom. The number of anilines is 2. The van der Waals surface area contributed by atoms with Crippen LogP contribution in [0.15, 0.2) is 29.3 Å². The highest BCUT2D eigenvalue weighted by molar-refractivity contribution is 6.32. The predicted octanol–water partition coefficient (Wildman–Crippen LogP) is 4.29. The van der Waals surface area contributed by atoms with E-state index >= 15 is 0 Å². The van der Waals surface area contributed by atoms with Gasteiger partial charge in [-0.2, -0.15) is 5.10 Å². The highest BCUT2D eigenvalue weighted by atomic mass is 35.5. The van der Waals surface area contributed by atoms with Gasteiger partial charge in [-0.3, -0.25) is 4.79 Å². The number of hydrogen-bond acceptors (Lipinski definition) is 9. The van der Waals surface area contributed by atoms with Gasteiger partial charge in [0.25, 0.3) is 5.56 Å². The fourth-order valence-corrected chi connectivity index (χ4v) is 6.68. The molecule has 6 rings (SSSR count). The molecule has 4 atom stereocenters. The summed E-state index contributed by atoms with van der Waals surface area (Å²) >= 11 is 6.51. The van der Waals surface area contributed by atoms with Gasteiger partial charge < -0.3 is 29.2 Å². The molecule has 10 nitrogen and oxygen atoms in total.